The van der Waals surface area contributed by atoms with Gasteiger partial charge >= 0.3 is 0 Å². The van der Waals surface area contributed by atoms with Crippen LogP contribution in [0.5, 0.6) is 0 Å². The first-order valence-electron chi connectivity index (χ1n) is 3.08. The molecule has 1 rings (SSSR count). The minimum Gasteiger partial charge on any atom is -0.309 e. The summed E-state index contributed by atoms with van der Waals surface area (Å²) in [6, 6.07) is 1.94. The Bertz CT molecular complexity index is 142. The highest BCUT2D eigenvalue weighted by molar-refractivity contribution is 7.06. The quantitative estimate of drug-likeness (QED) is 0.321. The third-order valence-corrected chi connectivity index (χ3v) is 5.08. The van der Waals surface area contributed by atoms with Gasteiger partial charge in [-0.1, -0.05) is 17.9 Å². The lowest BCUT2D eigenvalue weighted by molar-refractivity contribution is 0.567. The van der Waals surface area contributed by atoms with Crippen molar-refractivity contribution in [2.45, 2.75) is 12.1 Å². The first kappa shape index (κ1) is 6.49. The molecule has 1 aliphatic heterocycles. The molecular formula is C7H10OSi. The molecule has 0 aromatic carbocycles. The number of rotatable bonds is 2. The number of carbonyl (C=O) groups is 1. The van der Waals surface area contributed by atoms with Crippen molar-refractivity contribution in [2.75, 3.05) is 0 Å². The topological polar surface area (TPSA) is 17.1 Å². The summed E-state index contributed by atoms with van der Waals surface area (Å²) in [6.07, 6.45) is 4.17. The van der Waals surface area contributed by atoms with Gasteiger partial charge in [0.05, 0.1) is 0 Å². The Kier molecular flexibility index (Phi) is 1.67. The number of carbonyl (C=O) groups excluding carboxylic acids is 1. The molecule has 0 bridgehead atoms. The fourth-order valence-electron chi connectivity index (χ4n) is 1.000. The van der Waals surface area contributed by atoms with Crippen molar-refractivity contribution in [3.8, 4) is 0 Å². The van der Waals surface area contributed by atoms with Gasteiger partial charge in [-0.05, 0) is 12.1 Å². The van der Waals surface area contributed by atoms with Gasteiger partial charge in [0, 0.05) is 0 Å². The Labute approximate surface area is 56.1 Å². The molecule has 0 spiro atoms. The first-order valence-corrected chi connectivity index (χ1v) is 5.65. The van der Waals surface area contributed by atoms with Crippen molar-refractivity contribution in [1.29, 1.82) is 0 Å². The van der Waals surface area contributed by atoms with Crippen LogP contribution in [0.15, 0.2) is 24.4 Å². The molecule has 0 aromatic rings. The van der Waals surface area contributed by atoms with Crippen LogP contribution in [0.1, 0.15) is 0 Å². The van der Waals surface area contributed by atoms with E-state index >= 15 is 0 Å². The Morgan fingerprint density at radius 2 is 2.00 bits per heavy atom. The number of hydrogen-bond acceptors (Lipinski definition) is 1. The highest BCUT2D eigenvalue weighted by Gasteiger charge is 2.29. The second kappa shape index (κ2) is 2.31. The third kappa shape index (κ3) is 1.03. The molecule has 2 heteroatoms. The summed E-state index contributed by atoms with van der Waals surface area (Å²) >= 11 is 0. The van der Waals surface area contributed by atoms with E-state index in [2.05, 4.69) is 18.7 Å². The molecule has 9 heavy (non-hydrogen) atoms. The van der Waals surface area contributed by atoms with Crippen molar-refractivity contribution < 1.29 is 4.79 Å². The second-order valence-corrected chi connectivity index (χ2v) is 6.36. The lowest BCUT2D eigenvalue weighted by atomic mass is 10.6. The van der Waals surface area contributed by atoms with Crippen LogP contribution in [0, 0.1) is 0 Å². The highest BCUT2D eigenvalue weighted by Crippen LogP contribution is 2.21. The van der Waals surface area contributed by atoms with E-state index in [1.165, 1.54) is 0 Å². The van der Waals surface area contributed by atoms with E-state index in [1.54, 1.807) is 0 Å². The van der Waals surface area contributed by atoms with Crippen LogP contribution in [0.25, 0.3) is 0 Å². The van der Waals surface area contributed by atoms with Gasteiger partial charge < -0.3 is 4.79 Å². The molecule has 0 amide bonds. The monoisotopic (exact) mass is 138 g/mol. The SMILES string of the molecule is C=C[Si]1(C=O)CC=CC1. The fraction of sp³-hybridized carbons (Fsp3) is 0.286. The van der Waals surface area contributed by atoms with Crippen LogP contribution >= 0.6 is 0 Å². The van der Waals surface area contributed by atoms with Crippen LogP contribution in [0.3, 0.4) is 0 Å². The van der Waals surface area contributed by atoms with Gasteiger partial charge in [-0.25, -0.2) is 0 Å². The van der Waals surface area contributed by atoms with Crippen molar-refractivity contribution in [1.82, 2.24) is 0 Å². The Morgan fingerprint density at radius 3 is 2.22 bits per heavy atom. The molecule has 0 saturated carbocycles. The van der Waals surface area contributed by atoms with Crippen molar-refractivity contribution in [2.24, 2.45) is 0 Å². The summed E-state index contributed by atoms with van der Waals surface area (Å²) in [5, 5.41) is 0. The Hall–Kier alpha value is -0.633. The molecule has 0 radical (unpaired) electrons. The van der Waals surface area contributed by atoms with Gasteiger partial charge in [-0.3, -0.25) is 0 Å². The maximum absolute atomic E-state index is 10.5. The molecule has 0 N–H and O–H groups in total. The summed E-state index contributed by atoms with van der Waals surface area (Å²) in [6.45, 7) is 3.68. The lowest BCUT2D eigenvalue weighted by Crippen LogP contribution is -2.30. The smallest absolute Gasteiger partial charge is 0.158 e. The molecule has 0 unspecified atom stereocenters. The molecular weight excluding hydrogens is 128 g/mol. The van der Waals surface area contributed by atoms with Gasteiger partial charge in [-0.2, -0.15) is 0 Å². The summed E-state index contributed by atoms with van der Waals surface area (Å²) in [5.74, 6) is 1.12. The molecule has 48 valence electrons. The maximum Gasteiger partial charge on any atom is 0.158 e. The van der Waals surface area contributed by atoms with Gasteiger partial charge in [0.1, 0.15) is 5.91 Å². The van der Waals surface area contributed by atoms with E-state index in [9.17, 15) is 4.79 Å². The largest absolute Gasteiger partial charge is 0.309 e. The molecule has 0 aliphatic carbocycles. The molecule has 0 saturated heterocycles. The van der Waals surface area contributed by atoms with Crippen LogP contribution < -0.4 is 0 Å². The average Bonchev–Trinajstić information content (AvgIpc) is 2.36. The minimum absolute atomic E-state index is 0.972. The predicted molar refractivity (Wildman–Crippen MR) is 41.5 cm³/mol. The maximum atomic E-state index is 10.5. The van der Waals surface area contributed by atoms with Crippen LogP contribution in [0.4, 0.5) is 0 Å². The van der Waals surface area contributed by atoms with E-state index in [-0.39, 0.29) is 0 Å². The minimum atomic E-state index is -1.61. The van der Waals surface area contributed by atoms with Crippen LogP contribution in [-0.2, 0) is 4.79 Å². The predicted octanol–water partition coefficient (Wildman–Crippen LogP) is 1.50. The molecule has 1 heterocycles. The molecule has 0 aromatic heterocycles. The zero-order valence-electron chi connectivity index (χ0n) is 5.34. The average molecular weight is 138 g/mol. The summed E-state index contributed by atoms with van der Waals surface area (Å²) in [5.41, 5.74) is 1.88. The fourth-order valence-corrected chi connectivity index (χ4v) is 3.00. The van der Waals surface area contributed by atoms with E-state index in [0.29, 0.717) is 0 Å². The van der Waals surface area contributed by atoms with Gasteiger partial charge in [0.2, 0.25) is 0 Å². The van der Waals surface area contributed by atoms with Gasteiger partial charge in [0.15, 0.2) is 8.07 Å². The molecule has 0 fully saturated rings. The van der Waals surface area contributed by atoms with Gasteiger partial charge in [-0.15, -0.1) is 6.58 Å². The van der Waals surface area contributed by atoms with E-state index in [4.69, 9.17) is 0 Å². The van der Waals surface area contributed by atoms with Crippen molar-refractivity contribution in [3.05, 3.63) is 24.4 Å². The lowest BCUT2D eigenvalue weighted by Gasteiger charge is -2.10. The Balaban J connectivity index is 2.71. The van der Waals surface area contributed by atoms with Crippen molar-refractivity contribution in [3.63, 3.8) is 0 Å². The van der Waals surface area contributed by atoms with E-state index in [0.717, 1.165) is 18.0 Å². The third-order valence-electron chi connectivity index (χ3n) is 1.80. The van der Waals surface area contributed by atoms with Gasteiger partial charge in [0.25, 0.3) is 0 Å². The Morgan fingerprint density at radius 1 is 1.44 bits per heavy atom. The first-order chi connectivity index (χ1) is 4.33. The van der Waals surface area contributed by atoms with Crippen LogP contribution in [-0.4, -0.2) is 14.0 Å². The van der Waals surface area contributed by atoms with Crippen LogP contribution in [0.2, 0.25) is 12.1 Å². The highest BCUT2D eigenvalue weighted by atomic mass is 28.3. The number of allylic oxidation sites excluding steroid dienone is 2. The van der Waals surface area contributed by atoms with E-state index < -0.39 is 8.07 Å². The summed E-state index contributed by atoms with van der Waals surface area (Å²) in [4.78, 5) is 10.5. The summed E-state index contributed by atoms with van der Waals surface area (Å²) in [7, 11) is -1.61. The van der Waals surface area contributed by atoms with Crippen molar-refractivity contribution >= 4 is 14.0 Å². The zero-order chi connectivity index (χ0) is 6.74. The normalized spacial score (nSPS) is 21.8. The summed E-state index contributed by atoms with van der Waals surface area (Å²) < 4.78 is 0. The standard InChI is InChI=1S/C7H10OSi/c1-2-9(7-8)5-3-4-6-9/h2-4,7H,1,5-6H2. The molecule has 1 nitrogen and oxygen atoms in total. The zero-order valence-corrected chi connectivity index (χ0v) is 6.34. The molecule has 1 aliphatic rings. The van der Waals surface area contributed by atoms with E-state index in [1.807, 2.05) is 5.70 Å². The molecule has 0 atom stereocenters. The second-order valence-electron chi connectivity index (χ2n) is 2.43. The number of hydrogen-bond donors (Lipinski definition) is 0.